The minimum absolute atomic E-state index is 0.0751. The Kier molecular flexibility index (Phi) is 4.18. The average Bonchev–Trinajstić information content (AvgIpc) is 3.23. The summed E-state index contributed by atoms with van der Waals surface area (Å²) < 4.78 is 0. The molecule has 2 heterocycles. The number of phenolic OH excluding ortho intramolecular Hbond substituents is 1. The van der Waals surface area contributed by atoms with Crippen LogP contribution in [0.1, 0.15) is 52.2 Å². The predicted molar refractivity (Wildman–Crippen MR) is 102 cm³/mol. The van der Waals surface area contributed by atoms with Gasteiger partial charge in [-0.15, -0.1) is 0 Å². The van der Waals surface area contributed by atoms with Gasteiger partial charge in [0.25, 0.3) is 5.91 Å². The molecule has 1 aliphatic heterocycles. The molecule has 0 saturated carbocycles. The Labute approximate surface area is 156 Å². The third-order valence-electron chi connectivity index (χ3n) is 4.90. The van der Waals surface area contributed by atoms with Crippen molar-refractivity contribution >= 4 is 22.6 Å². The van der Waals surface area contributed by atoms with E-state index in [1.165, 1.54) is 6.07 Å². The average molecular weight is 363 g/mol. The summed E-state index contributed by atoms with van der Waals surface area (Å²) in [5.74, 6) is -0.233. The molecule has 27 heavy (non-hydrogen) atoms. The highest BCUT2D eigenvalue weighted by Crippen LogP contribution is 2.30. The van der Waals surface area contributed by atoms with Gasteiger partial charge < -0.3 is 10.0 Å². The normalized spacial score (nSPS) is 13.4. The molecular formula is C21H21N3O3. The quantitative estimate of drug-likeness (QED) is 0.693. The fourth-order valence-corrected chi connectivity index (χ4v) is 3.55. The Hall–Kier alpha value is -3.15. The van der Waals surface area contributed by atoms with Gasteiger partial charge in [0.1, 0.15) is 11.4 Å². The lowest BCUT2D eigenvalue weighted by Gasteiger charge is -2.16. The van der Waals surface area contributed by atoms with Gasteiger partial charge in [-0.25, -0.2) is 0 Å². The van der Waals surface area contributed by atoms with Crippen molar-refractivity contribution in [1.82, 2.24) is 15.1 Å². The summed E-state index contributed by atoms with van der Waals surface area (Å²) in [6.45, 7) is 4.96. The number of rotatable bonds is 4. The van der Waals surface area contributed by atoms with Crippen LogP contribution >= 0.6 is 0 Å². The molecule has 0 spiro atoms. The van der Waals surface area contributed by atoms with Crippen molar-refractivity contribution in [2.24, 2.45) is 5.92 Å². The van der Waals surface area contributed by atoms with Crippen LogP contribution in [0.15, 0.2) is 36.4 Å². The Morgan fingerprint density at radius 1 is 1.19 bits per heavy atom. The van der Waals surface area contributed by atoms with Gasteiger partial charge >= 0.3 is 0 Å². The Morgan fingerprint density at radius 2 is 1.85 bits per heavy atom. The van der Waals surface area contributed by atoms with Crippen LogP contribution in [0.25, 0.3) is 10.9 Å². The van der Waals surface area contributed by atoms with Crippen molar-refractivity contribution in [2.45, 2.75) is 33.4 Å². The monoisotopic (exact) mass is 363 g/mol. The van der Waals surface area contributed by atoms with E-state index in [4.69, 9.17) is 0 Å². The second-order valence-electron chi connectivity index (χ2n) is 7.44. The van der Waals surface area contributed by atoms with Crippen molar-refractivity contribution in [2.75, 3.05) is 0 Å². The van der Waals surface area contributed by atoms with Crippen molar-refractivity contribution in [3.8, 4) is 5.75 Å². The van der Waals surface area contributed by atoms with Crippen LogP contribution in [0.2, 0.25) is 0 Å². The first-order valence-electron chi connectivity index (χ1n) is 9.04. The molecule has 1 amide bonds. The zero-order valence-corrected chi connectivity index (χ0v) is 15.3. The lowest BCUT2D eigenvalue weighted by molar-refractivity contribution is 0.0748. The lowest BCUT2D eigenvalue weighted by atomic mass is 10.0. The predicted octanol–water partition coefficient (Wildman–Crippen LogP) is 3.65. The van der Waals surface area contributed by atoms with E-state index in [2.05, 4.69) is 10.2 Å². The van der Waals surface area contributed by atoms with E-state index in [-0.39, 0.29) is 28.9 Å². The van der Waals surface area contributed by atoms with Gasteiger partial charge in [0.15, 0.2) is 5.78 Å². The number of H-pyrrole nitrogens is 1. The summed E-state index contributed by atoms with van der Waals surface area (Å²) in [4.78, 5) is 27.2. The zero-order valence-electron chi connectivity index (χ0n) is 15.3. The maximum Gasteiger partial charge on any atom is 0.258 e. The first kappa shape index (κ1) is 17.3. The number of aromatic nitrogens is 2. The Bertz CT molecular complexity index is 1030. The summed E-state index contributed by atoms with van der Waals surface area (Å²) in [5.41, 5.74) is 3.28. The largest absolute Gasteiger partial charge is 0.507 e. The summed E-state index contributed by atoms with van der Waals surface area (Å²) >= 11 is 0. The van der Waals surface area contributed by atoms with E-state index in [1.54, 1.807) is 11.0 Å². The molecule has 1 aliphatic rings. The van der Waals surface area contributed by atoms with Crippen LogP contribution in [-0.4, -0.2) is 31.9 Å². The first-order valence-corrected chi connectivity index (χ1v) is 9.04. The number of carbonyl (C=O) groups is 2. The van der Waals surface area contributed by atoms with Crippen molar-refractivity contribution < 1.29 is 14.7 Å². The van der Waals surface area contributed by atoms with Crippen molar-refractivity contribution in [3.63, 3.8) is 0 Å². The smallest absolute Gasteiger partial charge is 0.258 e. The number of hydrogen-bond donors (Lipinski definition) is 2. The van der Waals surface area contributed by atoms with E-state index >= 15 is 0 Å². The second kappa shape index (κ2) is 6.54. The van der Waals surface area contributed by atoms with E-state index in [9.17, 15) is 14.7 Å². The number of aromatic amines is 1. The number of nitrogens with zero attached hydrogens (tertiary/aromatic N) is 2. The topological polar surface area (TPSA) is 86.3 Å². The highest BCUT2D eigenvalue weighted by Gasteiger charge is 2.27. The molecular weight excluding hydrogens is 342 g/mol. The number of phenols is 1. The fourth-order valence-electron chi connectivity index (χ4n) is 3.55. The minimum atomic E-state index is -0.256. The number of nitrogens with one attached hydrogen (secondary N) is 1. The number of hydrogen-bond acceptors (Lipinski definition) is 4. The molecule has 6 heteroatoms. The first-order chi connectivity index (χ1) is 12.9. The zero-order chi connectivity index (χ0) is 19.1. The molecule has 0 aliphatic carbocycles. The molecule has 2 N–H and O–H groups in total. The number of benzene rings is 2. The molecule has 0 radical (unpaired) electrons. The SMILES string of the molecule is CC(C)CC(=O)c1n[nH]c2cc(O)c(C(=O)N3Cc4ccccc4C3)cc12. The number of ketones is 1. The number of carbonyl (C=O) groups excluding carboxylic acids is 2. The molecule has 138 valence electrons. The van der Waals surface area contributed by atoms with E-state index in [1.807, 2.05) is 38.1 Å². The molecule has 0 fully saturated rings. The van der Waals surface area contributed by atoms with Gasteiger partial charge in [0.05, 0.1) is 11.1 Å². The minimum Gasteiger partial charge on any atom is -0.507 e. The van der Waals surface area contributed by atoms with Crippen LogP contribution < -0.4 is 0 Å². The van der Waals surface area contributed by atoms with Gasteiger partial charge in [-0.05, 0) is 23.1 Å². The van der Waals surface area contributed by atoms with Gasteiger partial charge in [0, 0.05) is 31.0 Å². The molecule has 0 saturated heterocycles. The van der Waals surface area contributed by atoms with Gasteiger partial charge in [-0.2, -0.15) is 5.10 Å². The summed E-state index contributed by atoms with van der Waals surface area (Å²) in [6, 6.07) is 11.0. The molecule has 4 rings (SSSR count). The fraction of sp³-hybridized carbons (Fsp3) is 0.286. The maximum atomic E-state index is 13.0. The van der Waals surface area contributed by atoms with Crippen LogP contribution in [0.5, 0.6) is 5.75 Å². The van der Waals surface area contributed by atoms with Crippen LogP contribution in [-0.2, 0) is 13.1 Å². The van der Waals surface area contributed by atoms with E-state index in [0.29, 0.717) is 36.1 Å². The van der Waals surface area contributed by atoms with Crippen LogP contribution in [0.4, 0.5) is 0 Å². The molecule has 3 aromatic rings. The summed E-state index contributed by atoms with van der Waals surface area (Å²) in [5, 5.41) is 17.8. The molecule has 0 bridgehead atoms. The number of aromatic hydroxyl groups is 1. The third kappa shape index (κ3) is 3.07. The summed E-state index contributed by atoms with van der Waals surface area (Å²) in [7, 11) is 0. The second-order valence-corrected chi connectivity index (χ2v) is 7.44. The molecule has 2 aromatic carbocycles. The molecule has 6 nitrogen and oxygen atoms in total. The number of amides is 1. The maximum absolute atomic E-state index is 13.0. The van der Waals surface area contributed by atoms with E-state index < -0.39 is 0 Å². The molecule has 0 unspecified atom stereocenters. The van der Waals surface area contributed by atoms with Gasteiger partial charge in [-0.3, -0.25) is 14.7 Å². The molecule has 1 aromatic heterocycles. The van der Waals surface area contributed by atoms with Crippen LogP contribution in [0, 0.1) is 5.92 Å². The summed E-state index contributed by atoms with van der Waals surface area (Å²) in [6.07, 6.45) is 0.380. The van der Waals surface area contributed by atoms with Gasteiger partial charge in [0.2, 0.25) is 0 Å². The molecule has 0 atom stereocenters. The third-order valence-corrected chi connectivity index (χ3v) is 4.90. The van der Waals surface area contributed by atoms with E-state index in [0.717, 1.165) is 11.1 Å². The Balaban J connectivity index is 1.69. The van der Waals surface area contributed by atoms with Crippen molar-refractivity contribution in [1.29, 1.82) is 0 Å². The van der Waals surface area contributed by atoms with Gasteiger partial charge in [-0.1, -0.05) is 38.1 Å². The number of fused-ring (bicyclic) bond motifs is 2. The van der Waals surface area contributed by atoms with Crippen molar-refractivity contribution in [3.05, 3.63) is 58.8 Å². The highest BCUT2D eigenvalue weighted by molar-refractivity contribution is 6.09. The number of Topliss-reactive ketones (excluding diaryl/α,β-unsaturated/α-hetero) is 1. The van der Waals surface area contributed by atoms with Crippen LogP contribution in [0.3, 0.4) is 0 Å². The Morgan fingerprint density at radius 3 is 2.48 bits per heavy atom. The lowest BCUT2D eigenvalue weighted by Crippen LogP contribution is -2.25. The highest BCUT2D eigenvalue weighted by atomic mass is 16.3. The standard InChI is InChI=1S/C21H21N3O3/c1-12(2)7-19(26)20-15-8-16(18(25)9-17(15)22-23-20)21(27)24-10-13-5-3-4-6-14(13)11-24/h3-6,8-9,12,25H,7,10-11H2,1-2H3,(H,22,23).